The normalized spacial score (nSPS) is 18.1. The first-order valence-electron chi connectivity index (χ1n) is 12.2. The van der Waals surface area contributed by atoms with E-state index < -0.39 is 11.7 Å². The summed E-state index contributed by atoms with van der Waals surface area (Å²) in [4.78, 5) is 9.33. The first-order chi connectivity index (χ1) is 16.7. The highest BCUT2D eigenvalue weighted by molar-refractivity contribution is 8.00. The van der Waals surface area contributed by atoms with Gasteiger partial charge in [-0.2, -0.15) is 18.3 Å². The summed E-state index contributed by atoms with van der Waals surface area (Å²) in [6.07, 6.45) is 5.51. The van der Waals surface area contributed by atoms with E-state index in [1.165, 1.54) is 54.1 Å². The van der Waals surface area contributed by atoms with Crippen LogP contribution in [0, 0.1) is 12.8 Å². The van der Waals surface area contributed by atoms with Crippen LogP contribution in [0.5, 0.6) is 0 Å². The van der Waals surface area contributed by atoms with Crippen LogP contribution in [0.25, 0.3) is 11.3 Å². The molecule has 0 aliphatic heterocycles. The van der Waals surface area contributed by atoms with E-state index in [0.717, 1.165) is 23.4 Å². The molecule has 2 heterocycles. The van der Waals surface area contributed by atoms with Crippen molar-refractivity contribution >= 4 is 23.4 Å². The zero-order valence-electron chi connectivity index (χ0n) is 21.0. The van der Waals surface area contributed by atoms with Gasteiger partial charge < -0.3 is 5.32 Å². The van der Waals surface area contributed by atoms with Crippen molar-refractivity contribution in [3.63, 3.8) is 0 Å². The van der Waals surface area contributed by atoms with Crippen LogP contribution < -0.4 is 5.32 Å². The Bertz CT molecular complexity index is 1100. The fourth-order valence-electron chi connectivity index (χ4n) is 4.23. The van der Waals surface area contributed by atoms with Crippen molar-refractivity contribution in [2.24, 2.45) is 13.0 Å². The number of thioether (sulfide) groups is 1. The van der Waals surface area contributed by atoms with Gasteiger partial charge in [0.2, 0.25) is 5.95 Å². The maximum absolute atomic E-state index is 13.5. The second-order valence-corrected chi connectivity index (χ2v) is 10.0. The average molecular weight is 506 g/mol. The van der Waals surface area contributed by atoms with Gasteiger partial charge in [0.05, 0.1) is 11.9 Å². The van der Waals surface area contributed by atoms with Crippen LogP contribution in [-0.2, 0) is 13.2 Å². The van der Waals surface area contributed by atoms with E-state index >= 15 is 0 Å². The van der Waals surface area contributed by atoms with Gasteiger partial charge in [0.1, 0.15) is 5.56 Å². The zero-order valence-corrected chi connectivity index (χ0v) is 21.8. The molecule has 1 saturated carbocycles. The molecule has 190 valence electrons. The van der Waals surface area contributed by atoms with E-state index in [-0.39, 0.29) is 17.2 Å². The third-order valence-corrected chi connectivity index (χ3v) is 7.52. The molecule has 0 amide bonds. The average Bonchev–Trinajstić information content (AvgIpc) is 3.28. The quantitative estimate of drug-likeness (QED) is 0.367. The van der Waals surface area contributed by atoms with Crippen molar-refractivity contribution in [3.8, 4) is 11.3 Å². The fraction of sp³-hybridized carbons (Fsp3) is 0.500. The first kappa shape index (κ1) is 27.0. The van der Waals surface area contributed by atoms with Gasteiger partial charge in [-0.3, -0.25) is 4.68 Å². The minimum atomic E-state index is -4.56. The molecular weight excluding hydrogens is 471 g/mol. The molecule has 1 aliphatic rings. The summed E-state index contributed by atoms with van der Waals surface area (Å²) in [5, 5.41) is 7.71. The Labute approximate surface area is 210 Å². The molecule has 1 aromatic carbocycles. The van der Waals surface area contributed by atoms with E-state index in [9.17, 15) is 13.2 Å². The smallest absolute Gasteiger partial charge is 0.324 e. The fourth-order valence-corrected chi connectivity index (χ4v) is 5.52. The highest BCUT2D eigenvalue weighted by Crippen LogP contribution is 2.39. The molecule has 1 N–H and O–H groups in total. The number of anilines is 2. The van der Waals surface area contributed by atoms with Crippen molar-refractivity contribution in [3.05, 3.63) is 47.9 Å². The van der Waals surface area contributed by atoms with Gasteiger partial charge in [-0.1, -0.05) is 27.2 Å². The van der Waals surface area contributed by atoms with Crippen LogP contribution in [0.2, 0.25) is 0 Å². The maximum Gasteiger partial charge on any atom is 0.419 e. The summed E-state index contributed by atoms with van der Waals surface area (Å²) < 4.78 is 42.0. The lowest BCUT2D eigenvalue weighted by Gasteiger charge is -2.27. The molecular formula is C26H34F3N5S. The molecule has 0 bridgehead atoms. The van der Waals surface area contributed by atoms with Crippen LogP contribution >= 0.6 is 11.8 Å². The number of hydrogen-bond donors (Lipinski definition) is 1. The highest BCUT2D eigenvalue weighted by Gasteiger charge is 2.35. The summed E-state index contributed by atoms with van der Waals surface area (Å²) >= 11 is 1.92. The predicted molar refractivity (Wildman–Crippen MR) is 137 cm³/mol. The standard InChI is InChI=1S/C24H28F3N5S.C2H6/c1-4-16-5-7-18(8-6-16)33-19-9-10-21(15(2)11-19)30-23-28-13-20(24(25,26)27)22(31-23)17-12-29-32(3)14-17;1-2/h9-14,16,18H,4-8H2,1-3H3,(H,28,30,31);1-2H3. The van der Waals surface area contributed by atoms with Gasteiger partial charge in [0.15, 0.2) is 0 Å². The van der Waals surface area contributed by atoms with Crippen molar-refractivity contribution in [1.82, 2.24) is 19.7 Å². The van der Waals surface area contributed by atoms with Crippen molar-refractivity contribution in [2.45, 2.75) is 76.1 Å². The largest absolute Gasteiger partial charge is 0.419 e. The Morgan fingerprint density at radius 2 is 1.83 bits per heavy atom. The van der Waals surface area contributed by atoms with E-state index in [0.29, 0.717) is 5.25 Å². The first-order valence-corrected chi connectivity index (χ1v) is 13.1. The van der Waals surface area contributed by atoms with Gasteiger partial charge in [0.25, 0.3) is 0 Å². The van der Waals surface area contributed by atoms with Crippen LogP contribution in [0.4, 0.5) is 24.8 Å². The molecule has 1 fully saturated rings. The van der Waals surface area contributed by atoms with Gasteiger partial charge in [-0.25, -0.2) is 9.97 Å². The molecule has 4 rings (SSSR count). The van der Waals surface area contributed by atoms with Crippen LogP contribution in [0.3, 0.4) is 0 Å². The van der Waals surface area contributed by atoms with Crippen LogP contribution in [-0.4, -0.2) is 25.0 Å². The number of halogens is 3. The number of benzene rings is 1. The molecule has 35 heavy (non-hydrogen) atoms. The Hall–Kier alpha value is -2.55. The molecule has 5 nitrogen and oxygen atoms in total. The van der Waals surface area contributed by atoms with Crippen molar-refractivity contribution < 1.29 is 13.2 Å². The minimum absolute atomic E-state index is 0.114. The van der Waals surface area contributed by atoms with E-state index in [4.69, 9.17) is 0 Å². The summed E-state index contributed by atoms with van der Waals surface area (Å²) in [5.41, 5.74) is 0.971. The van der Waals surface area contributed by atoms with Gasteiger partial charge in [-0.05, 0) is 62.3 Å². The molecule has 0 radical (unpaired) electrons. The third-order valence-electron chi connectivity index (χ3n) is 6.19. The topological polar surface area (TPSA) is 55.6 Å². The Balaban J connectivity index is 0.00000167. The monoisotopic (exact) mass is 505 g/mol. The molecule has 9 heteroatoms. The number of nitrogens with zero attached hydrogens (tertiary/aromatic N) is 4. The van der Waals surface area contributed by atoms with Crippen molar-refractivity contribution in [1.29, 1.82) is 0 Å². The lowest BCUT2D eigenvalue weighted by atomic mass is 9.87. The number of rotatable bonds is 6. The lowest BCUT2D eigenvalue weighted by molar-refractivity contribution is -0.137. The van der Waals surface area contributed by atoms with Crippen molar-refractivity contribution in [2.75, 3.05) is 5.32 Å². The maximum atomic E-state index is 13.5. The number of alkyl halides is 3. The van der Waals surface area contributed by atoms with Crippen LogP contribution in [0.1, 0.15) is 64.0 Å². The lowest BCUT2D eigenvalue weighted by Crippen LogP contribution is -2.15. The van der Waals surface area contributed by atoms with E-state index in [1.54, 1.807) is 7.05 Å². The third kappa shape index (κ3) is 6.99. The highest BCUT2D eigenvalue weighted by atomic mass is 32.2. The summed E-state index contributed by atoms with van der Waals surface area (Å²) in [6.45, 7) is 8.25. The SMILES string of the molecule is CC.CCC1CCC(Sc2ccc(Nc3ncc(C(F)(F)F)c(-c4cnn(C)c4)n3)c(C)c2)CC1. The summed E-state index contributed by atoms with van der Waals surface area (Å²) in [6, 6.07) is 6.11. The molecule has 3 aromatic rings. The summed E-state index contributed by atoms with van der Waals surface area (Å²) in [7, 11) is 1.65. The van der Waals surface area contributed by atoms with Crippen LogP contribution in [0.15, 0.2) is 41.7 Å². The predicted octanol–water partition coefficient (Wildman–Crippen LogP) is 8.04. The number of nitrogens with one attached hydrogen (secondary N) is 1. The Morgan fingerprint density at radius 1 is 1.11 bits per heavy atom. The molecule has 2 aromatic heterocycles. The Kier molecular flexibility index (Phi) is 9.21. The molecule has 0 spiro atoms. The van der Waals surface area contributed by atoms with E-state index in [2.05, 4.69) is 39.4 Å². The van der Waals surface area contributed by atoms with E-state index in [1.807, 2.05) is 38.6 Å². The number of aryl methyl sites for hydroxylation is 2. The minimum Gasteiger partial charge on any atom is -0.324 e. The molecule has 0 saturated heterocycles. The summed E-state index contributed by atoms with van der Waals surface area (Å²) in [5.74, 6) is 0.985. The van der Waals surface area contributed by atoms with Gasteiger partial charge in [0, 0.05) is 40.8 Å². The zero-order chi connectivity index (χ0) is 25.6. The molecule has 0 unspecified atom stereocenters. The number of aromatic nitrogens is 4. The Morgan fingerprint density at radius 3 is 2.40 bits per heavy atom. The second-order valence-electron chi connectivity index (χ2n) is 8.63. The molecule has 1 aliphatic carbocycles. The number of hydrogen-bond acceptors (Lipinski definition) is 5. The van der Waals surface area contributed by atoms with Gasteiger partial charge in [-0.15, -0.1) is 11.8 Å². The second kappa shape index (κ2) is 11.9. The molecule has 0 atom stereocenters. The van der Waals surface area contributed by atoms with Gasteiger partial charge >= 0.3 is 6.18 Å².